The van der Waals surface area contributed by atoms with Gasteiger partial charge in [-0.15, -0.1) is 12.4 Å². The maximum atomic E-state index is 12.5. The number of halogens is 1. The van der Waals surface area contributed by atoms with Crippen LogP contribution in [0.15, 0.2) is 30.7 Å². The smallest absolute Gasteiger partial charge is 0.270 e. The summed E-state index contributed by atoms with van der Waals surface area (Å²) in [5.74, 6) is 0.937. The zero-order valence-corrected chi connectivity index (χ0v) is 12.1. The molecule has 1 aliphatic heterocycles. The number of hydrogen-bond acceptors (Lipinski definition) is 3. The van der Waals surface area contributed by atoms with Crippen LogP contribution in [0.5, 0.6) is 0 Å². The first-order chi connectivity index (χ1) is 9.27. The Morgan fingerprint density at radius 3 is 3.00 bits per heavy atom. The molecule has 1 saturated heterocycles. The molecule has 0 radical (unpaired) electrons. The van der Waals surface area contributed by atoms with E-state index in [2.05, 4.69) is 15.3 Å². The van der Waals surface area contributed by atoms with Crippen molar-refractivity contribution < 1.29 is 4.79 Å². The minimum absolute atomic E-state index is 0. The van der Waals surface area contributed by atoms with Crippen molar-refractivity contribution in [2.45, 2.75) is 6.04 Å². The Morgan fingerprint density at radius 1 is 1.50 bits per heavy atom. The van der Waals surface area contributed by atoms with E-state index in [0.29, 0.717) is 12.2 Å². The molecule has 0 bridgehead atoms. The minimum Gasteiger partial charge on any atom is -0.357 e. The van der Waals surface area contributed by atoms with E-state index in [4.69, 9.17) is 0 Å². The molecule has 2 aromatic rings. The Balaban J connectivity index is 0.00000147. The average molecular weight is 296 g/mol. The van der Waals surface area contributed by atoms with Gasteiger partial charge in [-0.2, -0.15) is 0 Å². The molecule has 20 heavy (non-hydrogen) atoms. The van der Waals surface area contributed by atoms with Crippen molar-refractivity contribution >= 4 is 18.3 Å². The fourth-order valence-corrected chi connectivity index (χ4v) is 2.49. The Labute approximate surface area is 123 Å². The van der Waals surface area contributed by atoms with Gasteiger partial charge in [-0.25, -0.2) is 4.98 Å². The lowest BCUT2D eigenvalue weighted by Gasteiger charge is -2.35. The van der Waals surface area contributed by atoms with E-state index >= 15 is 0 Å². The van der Waals surface area contributed by atoms with Crippen LogP contribution < -0.4 is 5.32 Å². The third kappa shape index (κ3) is 2.57. The van der Waals surface area contributed by atoms with Crippen molar-refractivity contribution in [3.05, 3.63) is 42.2 Å². The van der Waals surface area contributed by atoms with Crippen molar-refractivity contribution in [3.63, 3.8) is 0 Å². The highest BCUT2D eigenvalue weighted by Gasteiger charge is 2.31. The molecule has 2 N–H and O–H groups in total. The molecule has 0 saturated carbocycles. The summed E-state index contributed by atoms with van der Waals surface area (Å²) in [6.07, 6.45) is 5.44. The van der Waals surface area contributed by atoms with Crippen molar-refractivity contribution in [1.29, 1.82) is 0 Å². The summed E-state index contributed by atoms with van der Waals surface area (Å²) in [6.45, 7) is 2.24. The monoisotopic (exact) mass is 295 g/mol. The number of carbonyl (C=O) groups is 1. The quantitative estimate of drug-likeness (QED) is 0.867. The number of aromatic nitrogens is 3. The number of amides is 1. The van der Waals surface area contributed by atoms with Crippen LogP contribution in [0.2, 0.25) is 0 Å². The number of nitrogens with zero attached hydrogens (tertiary/aromatic N) is 3. The summed E-state index contributed by atoms with van der Waals surface area (Å²) in [7, 11) is 1.95. The van der Waals surface area contributed by atoms with Crippen LogP contribution in [0.1, 0.15) is 22.4 Å². The van der Waals surface area contributed by atoms with Gasteiger partial charge < -0.3 is 19.8 Å². The predicted molar refractivity (Wildman–Crippen MR) is 77.9 cm³/mol. The van der Waals surface area contributed by atoms with Crippen molar-refractivity contribution in [2.75, 3.05) is 19.6 Å². The van der Waals surface area contributed by atoms with E-state index in [1.807, 2.05) is 28.8 Å². The first-order valence-electron chi connectivity index (χ1n) is 6.39. The Bertz CT molecular complexity index is 565. The second-order valence-electron chi connectivity index (χ2n) is 4.70. The second kappa shape index (κ2) is 6.11. The average Bonchev–Trinajstić information content (AvgIpc) is 3.09. The van der Waals surface area contributed by atoms with Crippen LogP contribution >= 0.6 is 12.4 Å². The number of piperazine rings is 1. The molecule has 1 atom stereocenters. The number of H-pyrrole nitrogens is 1. The van der Waals surface area contributed by atoms with Gasteiger partial charge in [0.25, 0.3) is 5.91 Å². The van der Waals surface area contributed by atoms with E-state index in [0.717, 1.165) is 18.9 Å². The molecule has 0 aromatic carbocycles. The van der Waals surface area contributed by atoms with Crippen molar-refractivity contribution in [3.8, 4) is 0 Å². The number of carbonyl (C=O) groups excluding carboxylic acids is 1. The van der Waals surface area contributed by atoms with E-state index in [1.165, 1.54) is 0 Å². The van der Waals surface area contributed by atoms with E-state index in [9.17, 15) is 4.79 Å². The molecule has 0 spiro atoms. The number of imidazole rings is 1. The van der Waals surface area contributed by atoms with Gasteiger partial charge in [-0.3, -0.25) is 4.79 Å². The lowest BCUT2D eigenvalue weighted by atomic mass is 10.1. The highest BCUT2D eigenvalue weighted by atomic mass is 35.5. The second-order valence-corrected chi connectivity index (χ2v) is 4.70. The van der Waals surface area contributed by atoms with Crippen molar-refractivity contribution in [1.82, 2.24) is 24.8 Å². The summed E-state index contributed by atoms with van der Waals surface area (Å²) in [5, 5.41) is 3.32. The Morgan fingerprint density at radius 2 is 2.35 bits per heavy atom. The van der Waals surface area contributed by atoms with Crippen LogP contribution in [-0.2, 0) is 7.05 Å². The van der Waals surface area contributed by atoms with Gasteiger partial charge in [0.1, 0.15) is 17.6 Å². The van der Waals surface area contributed by atoms with Crippen molar-refractivity contribution in [2.24, 2.45) is 7.05 Å². The van der Waals surface area contributed by atoms with Gasteiger partial charge in [-0.05, 0) is 12.1 Å². The van der Waals surface area contributed by atoms with Gasteiger partial charge in [-0.1, -0.05) is 0 Å². The third-order valence-corrected chi connectivity index (χ3v) is 3.49. The molecule has 0 aliphatic carbocycles. The number of aryl methyl sites for hydroxylation is 1. The molecular formula is C13H18ClN5O. The van der Waals surface area contributed by atoms with Gasteiger partial charge in [0.15, 0.2) is 0 Å². The van der Waals surface area contributed by atoms with Crippen LogP contribution in [-0.4, -0.2) is 45.0 Å². The molecule has 2 aromatic heterocycles. The molecule has 6 nitrogen and oxygen atoms in total. The zero-order chi connectivity index (χ0) is 13.2. The summed E-state index contributed by atoms with van der Waals surface area (Å²) in [4.78, 5) is 21.7. The predicted octanol–water partition coefficient (Wildman–Crippen LogP) is 0.957. The normalized spacial score (nSPS) is 18.6. The van der Waals surface area contributed by atoms with Crippen LogP contribution in [0, 0.1) is 0 Å². The minimum atomic E-state index is -0.0236. The molecule has 7 heteroatoms. The summed E-state index contributed by atoms with van der Waals surface area (Å²) >= 11 is 0. The molecule has 3 heterocycles. The van der Waals surface area contributed by atoms with E-state index < -0.39 is 0 Å². The number of nitrogens with one attached hydrogen (secondary N) is 2. The van der Waals surface area contributed by atoms with E-state index in [1.54, 1.807) is 18.5 Å². The first kappa shape index (κ1) is 14.6. The SMILES string of the molecule is Cl.Cn1ccnc1C1CNCCN1C(=O)c1ccc[nH]1. The van der Waals surface area contributed by atoms with Gasteiger partial charge in [0.2, 0.25) is 0 Å². The number of hydrogen-bond donors (Lipinski definition) is 2. The Kier molecular flexibility index (Phi) is 4.46. The Hall–Kier alpha value is -1.79. The van der Waals surface area contributed by atoms with Crippen LogP contribution in [0.25, 0.3) is 0 Å². The molecule has 3 rings (SSSR count). The van der Waals surface area contributed by atoms with Gasteiger partial charge in [0, 0.05) is 45.3 Å². The zero-order valence-electron chi connectivity index (χ0n) is 11.2. The number of rotatable bonds is 2. The maximum absolute atomic E-state index is 12.5. The fraction of sp³-hybridized carbons (Fsp3) is 0.385. The summed E-state index contributed by atoms with van der Waals surface area (Å²) in [6, 6.07) is 3.62. The molecular weight excluding hydrogens is 278 g/mol. The molecule has 1 unspecified atom stereocenters. The van der Waals surface area contributed by atoms with Gasteiger partial charge in [0.05, 0.1) is 0 Å². The molecule has 1 amide bonds. The molecule has 1 fully saturated rings. The lowest BCUT2D eigenvalue weighted by molar-refractivity contribution is 0.0615. The van der Waals surface area contributed by atoms with Crippen LogP contribution in [0.3, 0.4) is 0 Å². The highest BCUT2D eigenvalue weighted by molar-refractivity contribution is 5.92. The molecule has 1 aliphatic rings. The fourth-order valence-electron chi connectivity index (χ4n) is 2.49. The summed E-state index contributed by atoms with van der Waals surface area (Å²) < 4.78 is 1.96. The summed E-state index contributed by atoms with van der Waals surface area (Å²) in [5.41, 5.74) is 0.626. The lowest BCUT2D eigenvalue weighted by Crippen LogP contribution is -2.49. The highest BCUT2D eigenvalue weighted by Crippen LogP contribution is 2.22. The first-order valence-corrected chi connectivity index (χ1v) is 6.39. The van der Waals surface area contributed by atoms with E-state index in [-0.39, 0.29) is 24.4 Å². The van der Waals surface area contributed by atoms with Crippen LogP contribution in [0.4, 0.5) is 0 Å². The van der Waals surface area contributed by atoms with Gasteiger partial charge >= 0.3 is 0 Å². The largest absolute Gasteiger partial charge is 0.357 e. The number of aromatic amines is 1. The third-order valence-electron chi connectivity index (χ3n) is 3.49. The standard InChI is InChI=1S/C13H17N5O.ClH/c1-17-7-6-16-12(17)11-9-14-5-8-18(11)13(19)10-3-2-4-15-10;/h2-4,6-7,11,14-15H,5,8-9H2,1H3;1H. The topological polar surface area (TPSA) is 66.0 Å². The molecule has 108 valence electrons. The maximum Gasteiger partial charge on any atom is 0.270 e.